The molecule has 0 saturated heterocycles. The zero-order chi connectivity index (χ0) is 27.3. The third-order valence-electron chi connectivity index (χ3n) is 5.82. The van der Waals surface area contributed by atoms with Gasteiger partial charge in [0.25, 0.3) is 18.2 Å². The summed E-state index contributed by atoms with van der Waals surface area (Å²) in [6.07, 6.45) is -1.18. The molecule has 9 nitrogen and oxygen atoms in total. The van der Waals surface area contributed by atoms with E-state index in [9.17, 15) is 18.4 Å². The lowest BCUT2D eigenvalue weighted by Crippen LogP contribution is -2.18. The zero-order valence-corrected chi connectivity index (χ0v) is 23.5. The normalized spacial score (nSPS) is 11.6. The first-order chi connectivity index (χ1) is 18.0. The number of nitrogens with one attached hydrogen (secondary N) is 1. The number of primary amides is 1. The number of aromatic nitrogens is 5. The maximum atomic E-state index is 13.7. The van der Waals surface area contributed by atoms with Gasteiger partial charge in [0.1, 0.15) is 22.1 Å². The lowest BCUT2D eigenvalue weighted by atomic mass is 10.1. The number of carbonyl (C=O) groups is 2. The first-order valence-electron chi connectivity index (χ1n) is 11.2. The highest BCUT2D eigenvalue weighted by Crippen LogP contribution is 2.44. The number of halogens is 3. The van der Waals surface area contributed by atoms with E-state index < -0.39 is 23.9 Å². The molecule has 0 radical (unpaired) electrons. The van der Waals surface area contributed by atoms with Crippen LogP contribution in [0.5, 0.6) is 0 Å². The summed E-state index contributed by atoms with van der Waals surface area (Å²) in [6.45, 7) is 5.96. The van der Waals surface area contributed by atoms with Gasteiger partial charge in [0.2, 0.25) is 0 Å². The average molecular weight is 621 g/mol. The van der Waals surface area contributed by atoms with E-state index in [1.165, 1.54) is 23.5 Å². The quantitative estimate of drug-likeness (QED) is 0.235. The van der Waals surface area contributed by atoms with Gasteiger partial charge in [-0.3, -0.25) is 14.3 Å². The number of carbonyl (C=O) groups excluding carboxylic acids is 2. The molecule has 0 unspecified atom stereocenters. The lowest BCUT2D eigenvalue weighted by Gasteiger charge is -2.09. The molecular weight excluding hydrogens is 600 g/mol. The summed E-state index contributed by atoms with van der Waals surface area (Å²) < 4.78 is 31.5. The Morgan fingerprint density at radius 2 is 1.92 bits per heavy atom. The topological polar surface area (TPSA) is 121 Å². The molecule has 5 aromatic rings. The Hall–Kier alpha value is -3.49. The van der Waals surface area contributed by atoms with Crippen LogP contribution in [-0.2, 0) is 6.67 Å². The molecule has 0 aliphatic heterocycles. The average Bonchev–Trinajstić information content (AvgIpc) is 3.64. The second-order valence-electron chi connectivity index (χ2n) is 8.48. The number of thiophene rings is 2. The van der Waals surface area contributed by atoms with Gasteiger partial charge >= 0.3 is 0 Å². The van der Waals surface area contributed by atoms with Crippen LogP contribution in [0.1, 0.15) is 48.5 Å². The number of pyridine rings is 1. The summed E-state index contributed by atoms with van der Waals surface area (Å²) in [5, 5.41) is 11.9. The number of hydrogen-bond donors (Lipinski definition) is 2. The van der Waals surface area contributed by atoms with Gasteiger partial charge in [-0.1, -0.05) is 0 Å². The number of alkyl halides is 2. The predicted molar refractivity (Wildman–Crippen MR) is 146 cm³/mol. The molecule has 0 saturated carbocycles. The monoisotopic (exact) mass is 619 g/mol. The Balaban J connectivity index is 1.55. The molecule has 5 heterocycles. The molecule has 5 rings (SSSR count). The molecule has 38 heavy (non-hydrogen) atoms. The van der Waals surface area contributed by atoms with Crippen LogP contribution in [0, 0.1) is 20.8 Å². The summed E-state index contributed by atoms with van der Waals surface area (Å²) in [5.41, 5.74) is 7.57. The summed E-state index contributed by atoms with van der Waals surface area (Å²) >= 11 is 5.75. The minimum absolute atomic E-state index is 0.00807. The van der Waals surface area contributed by atoms with Crippen molar-refractivity contribution in [3.05, 3.63) is 67.5 Å². The van der Waals surface area contributed by atoms with Gasteiger partial charge in [-0.05, 0) is 61.0 Å². The van der Waals surface area contributed by atoms with Crippen LogP contribution in [0.2, 0.25) is 0 Å². The zero-order valence-electron chi connectivity index (χ0n) is 20.3. The number of anilines is 1. The molecule has 196 valence electrons. The molecule has 2 amide bonds. The minimum Gasteiger partial charge on any atom is -0.365 e. The van der Waals surface area contributed by atoms with E-state index >= 15 is 0 Å². The largest absolute Gasteiger partial charge is 0.365 e. The molecule has 5 aromatic heterocycles. The smallest absolute Gasteiger partial charge is 0.280 e. The van der Waals surface area contributed by atoms with E-state index in [4.69, 9.17) is 5.73 Å². The van der Waals surface area contributed by atoms with E-state index in [1.54, 1.807) is 21.6 Å². The van der Waals surface area contributed by atoms with Crippen molar-refractivity contribution in [1.29, 1.82) is 0 Å². The summed E-state index contributed by atoms with van der Waals surface area (Å²) in [5.74, 6) is -1.40. The van der Waals surface area contributed by atoms with Gasteiger partial charge in [0.15, 0.2) is 5.69 Å². The summed E-state index contributed by atoms with van der Waals surface area (Å²) in [6, 6.07) is 6.48. The maximum absolute atomic E-state index is 13.7. The Kier molecular flexibility index (Phi) is 6.88. The third-order valence-corrected chi connectivity index (χ3v) is 9.10. The second-order valence-corrected chi connectivity index (χ2v) is 11.6. The molecule has 0 bridgehead atoms. The molecule has 0 aliphatic carbocycles. The summed E-state index contributed by atoms with van der Waals surface area (Å²) in [7, 11) is 0. The molecule has 0 aromatic carbocycles. The Morgan fingerprint density at radius 1 is 1.16 bits per heavy atom. The molecule has 3 N–H and O–H groups in total. The third kappa shape index (κ3) is 4.74. The number of nitrogens with two attached hydrogens (primary N) is 1. The first-order valence-corrected chi connectivity index (χ1v) is 13.6. The first kappa shape index (κ1) is 26.1. The molecule has 0 atom stereocenters. The second kappa shape index (κ2) is 10.0. The van der Waals surface area contributed by atoms with Crippen molar-refractivity contribution >= 4 is 66.3 Å². The molecule has 0 aliphatic rings. The van der Waals surface area contributed by atoms with Crippen molar-refractivity contribution in [3.63, 3.8) is 0 Å². The Labute approximate surface area is 231 Å². The van der Waals surface area contributed by atoms with E-state index in [0.717, 1.165) is 32.1 Å². The van der Waals surface area contributed by atoms with Gasteiger partial charge in [-0.2, -0.15) is 10.2 Å². The fourth-order valence-corrected chi connectivity index (χ4v) is 6.17. The maximum Gasteiger partial charge on any atom is 0.280 e. The Bertz CT molecular complexity index is 1720. The molecule has 0 fully saturated rings. The highest BCUT2D eigenvalue weighted by Gasteiger charge is 2.26. The lowest BCUT2D eigenvalue weighted by molar-refractivity contribution is 0.100. The highest BCUT2D eigenvalue weighted by atomic mass is 79.9. The van der Waals surface area contributed by atoms with E-state index in [0.29, 0.717) is 15.8 Å². The SMILES string of the molecule is Cc1ccc(-c2cc(C(F)F)nc3sc(C(N)=O)c(NC(=O)c4ccn(Cn5nc(C)c(Br)c5C)n4)c23)s1. The standard InChI is InChI=1S/C24H20BrF2N7O2S2/c1-10-4-5-16(37-10)13-8-15(21(26)27)29-24-17(13)19(20(38-24)22(28)35)30-23(36)14-6-7-33(32-14)9-34-12(3)18(25)11(2)31-34/h4-8,21H,9H2,1-3H3,(H2,28,35)(H,30,36). The highest BCUT2D eigenvalue weighted by molar-refractivity contribution is 9.10. The summed E-state index contributed by atoms with van der Waals surface area (Å²) in [4.78, 5) is 31.5. The van der Waals surface area contributed by atoms with Crippen LogP contribution in [0.3, 0.4) is 0 Å². The van der Waals surface area contributed by atoms with Crippen LogP contribution < -0.4 is 11.1 Å². The van der Waals surface area contributed by atoms with Gasteiger partial charge in [-0.15, -0.1) is 22.7 Å². The van der Waals surface area contributed by atoms with Crippen LogP contribution in [0.4, 0.5) is 14.5 Å². The van der Waals surface area contributed by atoms with Crippen molar-refractivity contribution in [2.45, 2.75) is 33.9 Å². The molecule has 0 spiro atoms. The van der Waals surface area contributed by atoms with Gasteiger partial charge in [-0.25, -0.2) is 18.4 Å². The van der Waals surface area contributed by atoms with Crippen molar-refractivity contribution in [2.24, 2.45) is 5.73 Å². The van der Waals surface area contributed by atoms with E-state index in [-0.39, 0.29) is 27.8 Å². The fourth-order valence-electron chi connectivity index (χ4n) is 3.98. The molecule has 14 heteroatoms. The van der Waals surface area contributed by atoms with Crippen molar-refractivity contribution in [1.82, 2.24) is 24.5 Å². The number of amides is 2. The van der Waals surface area contributed by atoms with Crippen molar-refractivity contribution in [2.75, 3.05) is 5.32 Å². The number of fused-ring (bicyclic) bond motifs is 1. The Morgan fingerprint density at radius 3 is 2.53 bits per heavy atom. The molecular formula is C24H20BrF2N7O2S2. The number of rotatable bonds is 7. The predicted octanol–water partition coefficient (Wildman–Crippen LogP) is 5.90. The number of hydrogen-bond acceptors (Lipinski definition) is 7. The van der Waals surface area contributed by atoms with Crippen LogP contribution in [0.25, 0.3) is 20.7 Å². The van der Waals surface area contributed by atoms with Crippen LogP contribution in [-0.4, -0.2) is 36.4 Å². The van der Waals surface area contributed by atoms with Gasteiger partial charge in [0, 0.05) is 26.9 Å². The van der Waals surface area contributed by atoms with E-state index in [2.05, 4.69) is 36.4 Å². The van der Waals surface area contributed by atoms with Crippen LogP contribution in [0.15, 0.2) is 34.9 Å². The number of nitrogens with zero attached hydrogens (tertiary/aromatic N) is 5. The van der Waals surface area contributed by atoms with Gasteiger partial charge < -0.3 is 11.1 Å². The number of aryl methyl sites for hydroxylation is 2. The van der Waals surface area contributed by atoms with Crippen molar-refractivity contribution in [3.8, 4) is 10.4 Å². The minimum atomic E-state index is -2.82. The van der Waals surface area contributed by atoms with Crippen molar-refractivity contribution < 1.29 is 18.4 Å². The van der Waals surface area contributed by atoms with Crippen LogP contribution >= 0.6 is 38.6 Å². The van der Waals surface area contributed by atoms with Gasteiger partial charge in [0.05, 0.1) is 21.5 Å². The van der Waals surface area contributed by atoms with E-state index in [1.807, 2.05) is 26.8 Å². The fraction of sp³-hybridized carbons (Fsp3) is 0.208.